The summed E-state index contributed by atoms with van der Waals surface area (Å²) in [5.41, 5.74) is 1.36. The number of rotatable bonds is 9. The highest BCUT2D eigenvalue weighted by atomic mass is 32.2. The Kier molecular flexibility index (Phi) is 7.72. The molecule has 7 nitrogen and oxygen atoms in total. The van der Waals surface area contributed by atoms with Crippen molar-refractivity contribution in [3.63, 3.8) is 0 Å². The van der Waals surface area contributed by atoms with Crippen LogP contribution in [0.3, 0.4) is 0 Å². The first-order valence-corrected chi connectivity index (χ1v) is 9.69. The van der Waals surface area contributed by atoms with E-state index in [1.807, 2.05) is 19.9 Å². The third-order valence-electron chi connectivity index (χ3n) is 3.90. The SMILES string of the molecule is CCCc1cc(=O)[nH]c(SCC(=O)N[C@H](C)c2cc(OC)ccc2OC)n1. The average Bonchev–Trinajstić information content (AvgIpc) is 2.65. The topological polar surface area (TPSA) is 93.3 Å². The Balaban J connectivity index is 2.01. The van der Waals surface area contributed by atoms with Crippen molar-refractivity contribution in [1.82, 2.24) is 15.3 Å². The molecule has 0 fully saturated rings. The van der Waals surface area contributed by atoms with Crippen molar-refractivity contribution >= 4 is 17.7 Å². The van der Waals surface area contributed by atoms with Gasteiger partial charge in [0.05, 0.1) is 26.0 Å². The standard InChI is InChI=1S/C19H25N3O4S/c1-5-6-13-9-17(23)22-19(21-13)27-11-18(24)20-12(2)15-10-14(25-3)7-8-16(15)26-4/h7-10,12H,5-6,11H2,1-4H3,(H,20,24)(H,21,22,23)/t12-/m1/s1. The van der Waals surface area contributed by atoms with Gasteiger partial charge >= 0.3 is 0 Å². The summed E-state index contributed by atoms with van der Waals surface area (Å²) in [5, 5.41) is 3.38. The molecule has 0 saturated carbocycles. The normalized spacial score (nSPS) is 11.7. The Hall–Kier alpha value is -2.48. The van der Waals surface area contributed by atoms with Crippen molar-refractivity contribution in [2.75, 3.05) is 20.0 Å². The zero-order valence-corrected chi connectivity index (χ0v) is 16.8. The quantitative estimate of drug-likeness (QED) is 0.504. The van der Waals surface area contributed by atoms with Gasteiger partial charge in [-0.1, -0.05) is 25.1 Å². The largest absolute Gasteiger partial charge is 0.497 e. The van der Waals surface area contributed by atoms with Crippen LogP contribution in [-0.2, 0) is 11.2 Å². The van der Waals surface area contributed by atoms with E-state index in [2.05, 4.69) is 15.3 Å². The van der Waals surface area contributed by atoms with E-state index in [-0.39, 0.29) is 23.3 Å². The summed E-state index contributed by atoms with van der Waals surface area (Å²) in [6.07, 6.45) is 1.64. The van der Waals surface area contributed by atoms with Crippen molar-refractivity contribution in [3.8, 4) is 11.5 Å². The molecular weight excluding hydrogens is 366 g/mol. The molecule has 1 aromatic carbocycles. The summed E-state index contributed by atoms with van der Waals surface area (Å²) >= 11 is 1.20. The van der Waals surface area contributed by atoms with Gasteiger partial charge in [0.1, 0.15) is 11.5 Å². The molecule has 0 spiro atoms. The van der Waals surface area contributed by atoms with E-state index in [9.17, 15) is 9.59 Å². The summed E-state index contributed by atoms with van der Waals surface area (Å²) < 4.78 is 10.6. The van der Waals surface area contributed by atoms with Crippen molar-refractivity contribution < 1.29 is 14.3 Å². The summed E-state index contributed by atoms with van der Waals surface area (Å²) in [4.78, 5) is 31.0. The number of benzene rings is 1. The van der Waals surface area contributed by atoms with Gasteiger partial charge in [0.15, 0.2) is 5.16 Å². The minimum Gasteiger partial charge on any atom is -0.497 e. The van der Waals surface area contributed by atoms with Gasteiger partial charge in [-0.15, -0.1) is 0 Å². The fourth-order valence-corrected chi connectivity index (χ4v) is 3.31. The fraction of sp³-hybridized carbons (Fsp3) is 0.421. The molecule has 2 N–H and O–H groups in total. The van der Waals surface area contributed by atoms with Gasteiger partial charge in [-0.2, -0.15) is 0 Å². The number of carbonyl (C=O) groups excluding carboxylic acids is 1. The monoisotopic (exact) mass is 391 g/mol. The van der Waals surface area contributed by atoms with Gasteiger partial charge in [-0.3, -0.25) is 9.59 Å². The molecule has 1 amide bonds. The van der Waals surface area contributed by atoms with Gasteiger partial charge in [-0.05, 0) is 31.5 Å². The van der Waals surface area contributed by atoms with Crippen LogP contribution in [0.4, 0.5) is 0 Å². The minimum atomic E-state index is -0.262. The number of thioether (sulfide) groups is 1. The summed E-state index contributed by atoms with van der Waals surface area (Å²) in [6.45, 7) is 3.90. The van der Waals surface area contributed by atoms with Crippen molar-refractivity contribution in [3.05, 3.63) is 45.9 Å². The lowest BCUT2D eigenvalue weighted by Gasteiger charge is -2.18. The Morgan fingerprint density at radius 1 is 1.30 bits per heavy atom. The molecule has 0 saturated heterocycles. The van der Waals surface area contributed by atoms with Crippen molar-refractivity contribution in [2.24, 2.45) is 0 Å². The van der Waals surface area contributed by atoms with Gasteiger partial charge in [-0.25, -0.2) is 4.98 Å². The predicted molar refractivity (Wildman–Crippen MR) is 106 cm³/mol. The van der Waals surface area contributed by atoms with Crippen LogP contribution in [0, 0.1) is 0 Å². The number of nitrogens with one attached hydrogen (secondary N) is 2. The van der Waals surface area contributed by atoms with E-state index >= 15 is 0 Å². The van der Waals surface area contributed by atoms with Gasteiger partial charge in [0.2, 0.25) is 5.91 Å². The second-order valence-electron chi connectivity index (χ2n) is 5.98. The first-order chi connectivity index (χ1) is 13.0. The molecule has 0 bridgehead atoms. The van der Waals surface area contributed by atoms with E-state index in [0.717, 1.165) is 24.1 Å². The molecular formula is C19H25N3O4S. The van der Waals surface area contributed by atoms with Crippen molar-refractivity contribution in [2.45, 2.75) is 37.9 Å². The van der Waals surface area contributed by atoms with E-state index in [1.54, 1.807) is 26.4 Å². The maximum atomic E-state index is 12.3. The molecule has 2 rings (SSSR count). The van der Waals surface area contributed by atoms with Crippen molar-refractivity contribution in [1.29, 1.82) is 0 Å². The number of nitrogens with zero attached hydrogens (tertiary/aromatic N) is 1. The highest BCUT2D eigenvalue weighted by Crippen LogP contribution is 2.29. The number of amides is 1. The molecule has 27 heavy (non-hydrogen) atoms. The fourth-order valence-electron chi connectivity index (χ4n) is 2.61. The third kappa shape index (κ3) is 6.02. The third-order valence-corrected chi connectivity index (χ3v) is 4.77. The molecule has 0 radical (unpaired) electrons. The number of H-pyrrole nitrogens is 1. The molecule has 1 heterocycles. The van der Waals surface area contributed by atoms with Gasteiger partial charge in [0, 0.05) is 17.3 Å². The van der Waals surface area contributed by atoms with Crippen LogP contribution in [0.15, 0.2) is 34.2 Å². The number of methoxy groups -OCH3 is 2. The molecule has 0 unspecified atom stereocenters. The van der Waals surface area contributed by atoms with Crippen LogP contribution in [0.2, 0.25) is 0 Å². The number of hydrogen-bond acceptors (Lipinski definition) is 6. The lowest BCUT2D eigenvalue weighted by molar-refractivity contribution is -0.119. The molecule has 2 aromatic rings. The summed E-state index contributed by atoms with van der Waals surface area (Å²) in [5.74, 6) is 1.35. The first-order valence-electron chi connectivity index (χ1n) is 8.71. The Morgan fingerprint density at radius 3 is 2.74 bits per heavy atom. The number of aromatic amines is 1. The molecule has 1 aromatic heterocycles. The van der Waals surface area contributed by atoms with Crippen LogP contribution in [0.25, 0.3) is 0 Å². The van der Waals surface area contributed by atoms with Crippen LogP contribution in [0.5, 0.6) is 11.5 Å². The Labute approximate surface area is 162 Å². The predicted octanol–water partition coefficient (Wildman–Crippen LogP) is 2.71. The zero-order valence-electron chi connectivity index (χ0n) is 16.0. The molecule has 8 heteroatoms. The summed E-state index contributed by atoms with van der Waals surface area (Å²) in [6, 6.07) is 6.67. The van der Waals surface area contributed by atoms with E-state index in [0.29, 0.717) is 16.7 Å². The Morgan fingerprint density at radius 2 is 2.07 bits per heavy atom. The number of aromatic nitrogens is 2. The molecule has 0 aliphatic carbocycles. The summed E-state index contributed by atoms with van der Waals surface area (Å²) in [7, 11) is 3.17. The lowest BCUT2D eigenvalue weighted by Crippen LogP contribution is -2.28. The lowest BCUT2D eigenvalue weighted by atomic mass is 10.1. The van der Waals surface area contributed by atoms with Crippen LogP contribution in [-0.4, -0.2) is 35.8 Å². The number of carbonyl (C=O) groups is 1. The average molecular weight is 391 g/mol. The van der Waals surface area contributed by atoms with E-state index < -0.39 is 0 Å². The van der Waals surface area contributed by atoms with E-state index in [1.165, 1.54) is 17.8 Å². The maximum Gasteiger partial charge on any atom is 0.251 e. The number of ether oxygens (including phenoxy) is 2. The van der Waals surface area contributed by atoms with Gasteiger partial charge in [0.25, 0.3) is 5.56 Å². The smallest absolute Gasteiger partial charge is 0.251 e. The number of aryl methyl sites for hydroxylation is 1. The molecule has 146 valence electrons. The van der Waals surface area contributed by atoms with Crippen LogP contribution < -0.4 is 20.3 Å². The highest BCUT2D eigenvalue weighted by Gasteiger charge is 2.16. The Bertz CT molecular complexity index is 838. The molecule has 1 atom stereocenters. The minimum absolute atomic E-state index is 0.148. The van der Waals surface area contributed by atoms with E-state index in [4.69, 9.17) is 9.47 Å². The van der Waals surface area contributed by atoms with Crippen LogP contribution >= 0.6 is 11.8 Å². The van der Waals surface area contributed by atoms with Gasteiger partial charge < -0.3 is 19.8 Å². The second-order valence-corrected chi connectivity index (χ2v) is 6.94. The second kappa shape index (κ2) is 10.0. The zero-order chi connectivity index (χ0) is 19.8. The van der Waals surface area contributed by atoms with Crippen LogP contribution in [0.1, 0.15) is 37.6 Å². The molecule has 0 aliphatic rings. The number of hydrogen-bond donors (Lipinski definition) is 2. The maximum absolute atomic E-state index is 12.3. The highest BCUT2D eigenvalue weighted by molar-refractivity contribution is 7.99. The first kappa shape index (κ1) is 20.8. The molecule has 0 aliphatic heterocycles.